The highest BCUT2D eigenvalue weighted by molar-refractivity contribution is 7.14. The van der Waals surface area contributed by atoms with Crippen LogP contribution in [0.1, 0.15) is 24.2 Å². The number of rotatable bonds is 7. The summed E-state index contributed by atoms with van der Waals surface area (Å²) in [5.74, 6) is -0.121. The van der Waals surface area contributed by atoms with E-state index in [0.29, 0.717) is 5.56 Å². The zero-order chi connectivity index (χ0) is 21.6. The van der Waals surface area contributed by atoms with Crippen molar-refractivity contribution in [3.05, 3.63) is 89.8 Å². The number of carbonyl (C=O) groups excluding carboxylic acids is 1. The van der Waals surface area contributed by atoms with E-state index in [9.17, 15) is 4.79 Å². The number of nitrogens with zero attached hydrogens (tertiary/aromatic N) is 2. The highest BCUT2D eigenvalue weighted by atomic mass is 32.1. The summed E-state index contributed by atoms with van der Waals surface area (Å²) in [5, 5.41) is 6.09. The van der Waals surface area contributed by atoms with Gasteiger partial charge in [0.25, 0.3) is 5.91 Å². The van der Waals surface area contributed by atoms with E-state index in [1.54, 1.807) is 11.3 Å². The average molecular weight is 428 g/mol. The number of hydrogen-bond donors (Lipinski definition) is 1. The van der Waals surface area contributed by atoms with E-state index in [1.807, 2.05) is 66.7 Å². The molecule has 1 aromatic heterocycles. The van der Waals surface area contributed by atoms with Gasteiger partial charge in [-0.3, -0.25) is 4.79 Å². The number of hydrogen-bond acceptors (Lipinski definition) is 4. The number of benzene rings is 3. The standard InChI is InChI=1S/C26H25N3OS/c1-3-29(4-2)26-28-24(18-31-26)21-14-16-23(17-15-21)27-25(30)22-12-10-20(11-13-22)19-8-6-5-7-9-19/h5-18H,3-4H2,1-2H3,(H,27,30). The molecule has 0 radical (unpaired) electrons. The molecule has 0 bridgehead atoms. The molecule has 1 amide bonds. The SMILES string of the molecule is CCN(CC)c1nc(-c2ccc(NC(=O)c3ccc(-c4ccccc4)cc3)cc2)cs1. The third-order valence-electron chi connectivity index (χ3n) is 5.22. The third-order valence-corrected chi connectivity index (χ3v) is 6.12. The first-order valence-corrected chi connectivity index (χ1v) is 11.3. The van der Waals surface area contributed by atoms with Crippen molar-refractivity contribution in [2.75, 3.05) is 23.3 Å². The van der Waals surface area contributed by atoms with Crippen LogP contribution < -0.4 is 10.2 Å². The monoisotopic (exact) mass is 427 g/mol. The highest BCUT2D eigenvalue weighted by Gasteiger charge is 2.10. The fraction of sp³-hybridized carbons (Fsp3) is 0.154. The van der Waals surface area contributed by atoms with Gasteiger partial charge in [-0.15, -0.1) is 11.3 Å². The van der Waals surface area contributed by atoms with Crippen molar-refractivity contribution in [1.82, 2.24) is 4.98 Å². The predicted octanol–water partition coefficient (Wildman–Crippen LogP) is 6.58. The third kappa shape index (κ3) is 4.84. The summed E-state index contributed by atoms with van der Waals surface area (Å²) in [6.45, 7) is 6.16. The van der Waals surface area contributed by atoms with Gasteiger partial charge < -0.3 is 10.2 Å². The lowest BCUT2D eigenvalue weighted by atomic mass is 10.0. The Morgan fingerprint density at radius 3 is 2.10 bits per heavy atom. The van der Waals surface area contributed by atoms with Gasteiger partial charge in [0, 0.05) is 35.3 Å². The number of carbonyl (C=O) groups is 1. The van der Waals surface area contributed by atoms with Crippen LogP contribution in [0.2, 0.25) is 0 Å². The van der Waals surface area contributed by atoms with Crippen LogP contribution in [0.15, 0.2) is 84.2 Å². The zero-order valence-electron chi connectivity index (χ0n) is 17.7. The first-order chi connectivity index (χ1) is 15.2. The summed E-state index contributed by atoms with van der Waals surface area (Å²) in [4.78, 5) is 19.6. The molecule has 0 aliphatic rings. The second-order valence-corrected chi connectivity index (χ2v) is 8.00. The molecule has 0 spiro atoms. The van der Waals surface area contributed by atoms with Crippen molar-refractivity contribution < 1.29 is 4.79 Å². The fourth-order valence-corrected chi connectivity index (χ4v) is 4.37. The Labute approximate surface area is 187 Å². The lowest BCUT2D eigenvalue weighted by molar-refractivity contribution is 0.102. The number of thiazole rings is 1. The number of aromatic nitrogens is 1. The Kier molecular flexibility index (Phi) is 6.43. The summed E-state index contributed by atoms with van der Waals surface area (Å²) in [5.41, 5.74) is 5.62. The van der Waals surface area contributed by atoms with Gasteiger partial charge in [0.1, 0.15) is 0 Å². The fourth-order valence-electron chi connectivity index (χ4n) is 3.41. The van der Waals surface area contributed by atoms with Gasteiger partial charge in [-0.2, -0.15) is 0 Å². The number of nitrogens with one attached hydrogen (secondary N) is 1. The Morgan fingerprint density at radius 2 is 1.45 bits per heavy atom. The summed E-state index contributed by atoms with van der Waals surface area (Å²) in [7, 11) is 0. The van der Waals surface area contributed by atoms with Crippen molar-refractivity contribution in [3.63, 3.8) is 0 Å². The van der Waals surface area contributed by atoms with Crippen LogP contribution in [0, 0.1) is 0 Å². The molecule has 0 aliphatic carbocycles. The van der Waals surface area contributed by atoms with Crippen molar-refractivity contribution in [2.24, 2.45) is 0 Å². The molecule has 0 fully saturated rings. The lowest BCUT2D eigenvalue weighted by Gasteiger charge is -2.16. The van der Waals surface area contributed by atoms with E-state index >= 15 is 0 Å². The molecular weight excluding hydrogens is 402 g/mol. The molecule has 4 nitrogen and oxygen atoms in total. The van der Waals surface area contributed by atoms with Gasteiger partial charge in [0.05, 0.1) is 5.69 Å². The summed E-state index contributed by atoms with van der Waals surface area (Å²) in [6, 6.07) is 25.6. The van der Waals surface area contributed by atoms with Crippen LogP contribution in [0.3, 0.4) is 0 Å². The van der Waals surface area contributed by atoms with Crippen molar-refractivity contribution in [3.8, 4) is 22.4 Å². The van der Waals surface area contributed by atoms with Crippen molar-refractivity contribution in [1.29, 1.82) is 0 Å². The summed E-state index contributed by atoms with van der Waals surface area (Å²) in [6.07, 6.45) is 0. The average Bonchev–Trinajstić information content (AvgIpc) is 3.31. The molecule has 5 heteroatoms. The molecule has 4 aromatic rings. The molecular formula is C26H25N3OS. The molecule has 156 valence electrons. The molecule has 1 N–H and O–H groups in total. The maximum Gasteiger partial charge on any atom is 0.255 e. The molecule has 0 aliphatic heterocycles. The normalized spacial score (nSPS) is 10.6. The van der Waals surface area contributed by atoms with E-state index in [1.165, 1.54) is 0 Å². The van der Waals surface area contributed by atoms with Crippen LogP contribution in [-0.2, 0) is 0 Å². The minimum atomic E-state index is -0.121. The van der Waals surface area contributed by atoms with Crippen LogP contribution in [0.4, 0.5) is 10.8 Å². The Balaban J connectivity index is 1.42. The predicted molar refractivity (Wildman–Crippen MR) is 131 cm³/mol. The van der Waals surface area contributed by atoms with Gasteiger partial charge in [-0.1, -0.05) is 54.6 Å². The van der Waals surface area contributed by atoms with Gasteiger partial charge >= 0.3 is 0 Å². The summed E-state index contributed by atoms with van der Waals surface area (Å²) >= 11 is 1.66. The Hall–Kier alpha value is -3.44. The Morgan fingerprint density at radius 1 is 0.839 bits per heavy atom. The topological polar surface area (TPSA) is 45.2 Å². The van der Waals surface area contributed by atoms with Crippen molar-refractivity contribution in [2.45, 2.75) is 13.8 Å². The van der Waals surface area contributed by atoms with Crippen LogP contribution in [-0.4, -0.2) is 24.0 Å². The zero-order valence-corrected chi connectivity index (χ0v) is 18.5. The molecule has 0 saturated carbocycles. The van der Waals surface area contributed by atoms with E-state index in [2.05, 4.69) is 41.6 Å². The smallest absolute Gasteiger partial charge is 0.255 e. The van der Waals surface area contributed by atoms with E-state index < -0.39 is 0 Å². The highest BCUT2D eigenvalue weighted by Crippen LogP contribution is 2.28. The second-order valence-electron chi connectivity index (χ2n) is 7.16. The first-order valence-electron chi connectivity index (χ1n) is 10.5. The molecule has 4 rings (SSSR count). The summed E-state index contributed by atoms with van der Waals surface area (Å²) < 4.78 is 0. The molecule has 0 atom stereocenters. The largest absolute Gasteiger partial charge is 0.349 e. The minimum absolute atomic E-state index is 0.121. The van der Waals surface area contributed by atoms with Gasteiger partial charge in [-0.05, 0) is 49.2 Å². The molecule has 0 unspecified atom stereocenters. The van der Waals surface area contributed by atoms with E-state index in [4.69, 9.17) is 4.98 Å². The molecule has 0 saturated heterocycles. The number of anilines is 2. The van der Waals surface area contributed by atoms with E-state index in [-0.39, 0.29) is 5.91 Å². The van der Waals surface area contributed by atoms with E-state index in [0.717, 1.165) is 46.3 Å². The quantitative estimate of drug-likeness (QED) is 0.362. The van der Waals surface area contributed by atoms with Crippen molar-refractivity contribution >= 4 is 28.1 Å². The van der Waals surface area contributed by atoms with Gasteiger partial charge in [0.15, 0.2) is 5.13 Å². The minimum Gasteiger partial charge on any atom is -0.349 e. The molecule has 31 heavy (non-hydrogen) atoms. The van der Waals surface area contributed by atoms with Crippen LogP contribution >= 0.6 is 11.3 Å². The first kappa shape index (κ1) is 20.8. The molecule has 3 aromatic carbocycles. The second kappa shape index (κ2) is 9.58. The maximum absolute atomic E-state index is 12.6. The van der Waals surface area contributed by atoms with Gasteiger partial charge in [-0.25, -0.2) is 4.98 Å². The molecule has 1 heterocycles. The van der Waals surface area contributed by atoms with Crippen LogP contribution in [0.5, 0.6) is 0 Å². The van der Waals surface area contributed by atoms with Crippen LogP contribution in [0.25, 0.3) is 22.4 Å². The lowest BCUT2D eigenvalue weighted by Crippen LogP contribution is -2.21. The van der Waals surface area contributed by atoms with Gasteiger partial charge in [0.2, 0.25) is 0 Å². The Bertz CT molecular complexity index is 1130. The number of amides is 1. The maximum atomic E-state index is 12.6.